The second-order valence-electron chi connectivity index (χ2n) is 10.7. The van der Waals surface area contributed by atoms with Crippen molar-refractivity contribution in [2.75, 3.05) is 11.9 Å². The number of halogens is 3. The van der Waals surface area contributed by atoms with Crippen molar-refractivity contribution in [3.8, 4) is 0 Å². The lowest BCUT2D eigenvalue weighted by molar-refractivity contribution is -0.132. The molecule has 2 heterocycles. The second-order valence-corrected chi connectivity index (χ2v) is 11.5. The maximum absolute atomic E-state index is 15.6. The Hall–Kier alpha value is -3.46. The van der Waals surface area contributed by atoms with Gasteiger partial charge in [-0.1, -0.05) is 61.3 Å². The lowest BCUT2D eigenvalue weighted by atomic mass is 9.86. The molecule has 208 valence electrons. The predicted molar refractivity (Wildman–Crippen MR) is 155 cm³/mol. The van der Waals surface area contributed by atoms with Gasteiger partial charge in [0, 0.05) is 46.9 Å². The first-order chi connectivity index (χ1) is 19.0. The Labute approximate surface area is 241 Å². The van der Waals surface area contributed by atoms with Crippen LogP contribution < -0.4 is 10.6 Å². The number of carbonyl (C=O) groups is 2. The average molecular weight is 583 g/mol. The van der Waals surface area contributed by atoms with Gasteiger partial charge in [-0.2, -0.15) is 0 Å². The lowest BCUT2D eigenvalue weighted by Crippen LogP contribution is -2.46. The largest absolute Gasteiger partial charge is 0.478 e. The number of carboxylic acid groups (broad SMARTS) is 1. The molecular weight excluding hydrogens is 554 g/mol. The van der Waals surface area contributed by atoms with Crippen molar-refractivity contribution in [3.05, 3.63) is 99.0 Å². The third-order valence-corrected chi connectivity index (χ3v) is 8.08. The summed E-state index contributed by atoms with van der Waals surface area (Å²) in [6, 6.07) is 10.4. The first-order valence-corrected chi connectivity index (χ1v) is 13.8. The number of allylic oxidation sites excluding steroid dienone is 3. The van der Waals surface area contributed by atoms with Crippen LogP contribution in [0.2, 0.25) is 10.0 Å². The van der Waals surface area contributed by atoms with E-state index in [1.54, 1.807) is 42.5 Å². The monoisotopic (exact) mass is 582 g/mol. The molecule has 7 nitrogen and oxygen atoms in total. The third-order valence-electron chi connectivity index (χ3n) is 7.55. The number of likely N-dealkylation sites (tertiary alicyclic amines) is 1. The van der Waals surface area contributed by atoms with Gasteiger partial charge in [-0.25, -0.2) is 9.18 Å². The van der Waals surface area contributed by atoms with Gasteiger partial charge < -0.3 is 21.1 Å². The van der Waals surface area contributed by atoms with Crippen LogP contribution in [0.5, 0.6) is 0 Å². The highest BCUT2D eigenvalue weighted by molar-refractivity contribution is 6.31. The zero-order chi connectivity index (χ0) is 28.7. The van der Waals surface area contributed by atoms with Crippen molar-refractivity contribution in [1.29, 1.82) is 5.41 Å². The molecule has 2 saturated heterocycles. The zero-order valence-electron chi connectivity index (χ0n) is 21.9. The van der Waals surface area contributed by atoms with Crippen molar-refractivity contribution < 1.29 is 19.1 Å². The van der Waals surface area contributed by atoms with Gasteiger partial charge in [-0.3, -0.25) is 9.69 Å². The summed E-state index contributed by atoms with van der Waals surface area (Å²) in [5, 5.41) is 24.8. The number of rotatable bonds is 6. The number of amides is 1. The van der Waals surface area contributed by atoms with Gasteiger partial charge in [0.05, 0.1) is 28.4 Å². The molecule has 40 heavy (non-hydrogen) atoms. The van der Waals surface area contributed by atoms with E-state index in [0.29, 0.717) is 34.8 Å². The number of nitrogens with zero attached hydrogens (tertiary/aromatic N) is 1. The molecule has 2 fully saturated rings. The van der Waals surface area contributed by atoms with Crippen LogP contribution in [0.1, 0.15) is 31.7 Å². The van der Waals surface area contributed by atoms with Gasteiger partial charge in [0.2, 0.25) is 5.91 Å². The number of benzene rings is 2. The summed E-state index contributed by atoms with van der Waals surface area (Å²) in [7, 11) is 0. The summed E-state index contributed by atoms with van der Waals surface area (Å²) in [5.41, 5.74) is 2.33. The minimum Gasteiger partial charge on any atom is -0.478 e. The Morgan fingerprint density at radius 3 is 2.62 bits per heavy atom. The molecule has 0 spiro atoms. The number of nitrogens with one attached hydrogen (secondary N) is 3. The van der Waals surface area contributed by atoms with E-state index in [4.69, 9.17) is 28.6 Å². The van der Waals surface area contributed by atoms with Crippen molar-refractivity contribution in [3.63, 3.8) is 0 Å². The molecule has 5 rings (SSSR count). The van der Waals surface area contributed by atoms with Gasteiger partial charge >= 0.3 is 5.97 Å². The first-order valence-electron chi connectivity index (χ1n) is 13.0. The highest BCUT2D eigenvalue weighted by atomic mass is 35.5. The maximum atomic E-state index is 15.6. The maximum Gasteiger partial charge on any atom is 0.335 e. The van der Waals surface area contributed by atoms with Crippen LogP contribution in [0.4, 0.5) is 10.1 Å². The summed E-state index contributed by atoms with van der Waals surface area (Å²) in [4.78, 5) is 27.5. The first kappa shape index (κ1) is 28.1. The van der Waals surface area contributed by atoms with Crippen LogP contribution >= 0.6 is 23.2 Å². The van der Waals surface area contributed by atoms with Crippen LogP contribution in [0.3, 0.4) is 0 Å². The molecule has 10 heteroatoms. The molecular formula is C30H29Cl2FN4O3. The topological polar surface area (TPSA) is 106 Å². The molecule has 2 aliphatic heterocycles. The Bertz CT molecular complexity index is 1490. The number of hydrogen-bond donors (Lipinski definition) is 4. The van der Waals surface area contributed by atoms with E-state index in [-0.39, 0.29) is 40.2 Å². The fourth-order valence-corrected chi connectivity index (χ4v) is 6.36. The Morgan fingerprint density at radius 1 is 1.20 bits per heavy atom. The van der Waals surface area contributed by atoms with Crippen LogP contribution in [0, 0.1) is 17.1 Å². The predicted octanol–water partition coefficient (Wildman–Crippen LogP) is 5.78. The van der Waals surface area contributed by atoms with Crippen molar-refractivity contribution in [2.24, 2.45) is 5.92 Å². The summed E-state index contributed by atoms with van der Waals surface area (Å²) in [5.74, 6) is -2.35. The van der Waals surface area contributed by atoms with Gasteiger partial charge in [0.1, 0.15) is 5.82 Å². The van der Waals surface area contributed by atoms with E-state index in [0.717, 1.165) is 5.70 Å². The van der Waals surface area contributed by atoms with Gasteiger partial charge in [0.15, 0.2) is 0 Å². The van der Waals surface area contributed by atoms with E-state index < -0.39 is 23.7 Å². The van der Waals surface area contributed by atoms with Crippen LogP contribution in [-0.2, 0) is 9.59 Å². The number of anilines is 1. The number of carboxylic acids is 1. The fourth-order valence-electron chi connectivity index (χ4n) is 5.99. The van der Waals surface area contributed by atoms with E-state index in [1.807, 2.05) is 0 Å². The molecule has 0 saturated carbocycles. The molecule has 0 radical (unpaired) electrons. The smallest absolute Gasteiger partial charge is 0.335 e. The summed E-state index contributed by atoms with van der Waals surface area (Å²) >= 11 is 12.4. The van der Waals surface area contributed by atoms with E-state index in [9.17, 15) is 14.7 Å². The normalized spacial score (nSPS) is 26.1. The summed E-state index contributed by atoms with van der Waals surface area (Å²) in [6.45, 7) is 4.70. The number of hydrogen-bond acceptors (Lipinski definition) is 5. The zero-order valence-corrected chi connectivity index (χ0v) is 23.4. The second kappa shape index (κ2) is 11.2. The lowest BCUT2D eigenvalue weighted by Gasteiger charge is -2.32. The van der Waals surface area contributed by atoms with Crippen LogP contribution in [-0.4, -0.2) is 52.3 Å². The average Bonchev–Trinajstić information content (AvgIpc) is 3.43. The van der Waals surface area contributed by atoms with E-state index >= 15 is 4.39 Å². The molecule has 0 bridgehead atoms. The molecule has 2 aromatic rings. The quantitative estimate of drug-likeness (QED) is 0.345. The molecule has 1 aliphatic carbocycles. The van der Waals surface area contributed by atoms with Crippen molar-refractivity contribution >= 4 is 46.5 Å². The van der Waals surface area contributed by atoms with E-state index in [2.05, 4.69) is 29.4 Å². The Kier molecular flexibility index (Phi) is 7.86. The molecule has 4 atom stereocenters. The Balaban J connectivity index is 1.58. The third kappa shape index (κ3) is 5.31. The number of aliphatic carboxylic acids is 1. The molecule has 2 aromatic carbocycles. The molecule has 1 unspecified atom stereocenters. The van der Waals surface area contributed by atoms with E-state index in [1.165, 1.54) is 18.2 Å². The minimum atomic E-state index is -1.10. The standard InChI is InChI=1S/C30H29Cl2FN4O3/c1-15(2)14-37-24-13-23(19-10-9-16(30(39)40)11-22(19)34)36-27(24)25(20-7-4-8-21(32)26(20)33)28(37)29(38)35-18-6-3-5-17(31)12-18/h3-12,15,24-25,27-28,34,36H,13-14H2,1-2H3,(H,35,38)(H,39,40)/b23-19-,34-22?/t24?,25-,27+,28+/m0/s1. The van der Waals surface area contributed by atoms with Crippen molar-refractivity contribution in [2.45, 2.75) is 44.3 Å². The molecule has 0 aromatic heterocycles. The minimum absolute atomic E-state index is 0.0229. The number of carbonyl (C=O) groups excluding carboxylic acids is 1. The van der Waals surface area contributed by atoms with Gasteiger partial charge in [-0.05, 0) is 47.9 Å². The molecule has 1 amide bonds. The van der Waals surface area contributed by atoms with Gasteiger partial charge in [0.25, 0.3) is 0 Å². The highest BCUT2D eigenvalue weighted by Crippen LogP contribution is 2.46. The summed E-state index contributed by atoms with van der Waals surface area (Å²) in [6.07, 6.45) is 4.90. The Morgan fingerprint density at radius 2 is 1.95 bits per heavy atom. The van der Waals surface area contributed by atoms with Crippen molar-refractivity contribution in [1.82, 2.24) is 10.2 Å². The molecule has 3 aliphatic rings. The molecule has 4 N–H and O–H groups in total. The number of fused-ring (bicyclic) bond motifs is 1. The SMILES string of the molecule is CC(C)CN1C2C/C(=C3\C=CC(C(=O)O)=CC3=N)N[C@H]2[C@H](c2cccc(Cl)c2F)[C@@H]1C(=O)Nc1cccc(Cl)c1. The van der Waals surface area contributed by atoms with Crippen LogP contribution in [0.15, 0.2) is 77.5 Å². The van der Waals surface area contributed by atoms with Crippen LogP contribution in [0.25, 0.3) is 0 Å². The fraction of sp³-hybridized carbons (Fsp3) is 0.300. The highest BCUT2D eigenvalue weighted by Gasteiger charge is 2.56. The summed E-state index contributed by atoms with van der Waals surface area (Å²) < 4.78 is 15.6. The van der Waals surface area contributed by atoms with Gasteiger partial charge in [-0.15, -0.1) is 0 Å².